The number of aliphatic hydroxyl groups excluding tert-OH is 1. The van der Waals surface area contributed by atoms with Crippen LogP contribution in [0.4, 0.5) is 10.1 Å². The summed E-state index contributed by atoms with van der Waals surface area (Å²) >= 11 is 0. The lowest BCUT2D eigenvalue weighted by Crippen LogP contribution is -2.66. The maximum absolute atomic E-state index is 13.3. The molecule has 1 heterocycles. The Labute approximate surface area is 112 Å². The molecule has 19 heavy (non-hydrogen) atoms. The van der Waals surface area contributed by atoms with Gasteiger partial charge in [-0.3, -0.25) is 4.79 Å². The lowest BCUT2D eigenvalue weighted by molar-refractivity contribution is -0.139. The van der Waals surface area contributed by atoms with Crippen LogP contribution in [0.5, 0.6) is 0 Å². The second kappa shape index (κ2) is 4.81. The third-order valence-corrected chi connectivity index (χ3v) is 3.77. The molecule has 0 bridgehead atoms. The van der Waals surface area contributed by atoms with Crippen LogP contribution in [-0.4, -0.2) is 47.7 Å². The minimum absolute atomic E-state index is 0.150. The number of nitrogens with zero attached hydrogens (tertiary/aromatic N) is 2. The molecule has 1 atom stereocenters. The molecule has 1 amide bonds. The van der Waals surface area contributed by atoms with Crippen LogP contribution in [0.2, 0.25) is 0 Å². The summed E-state index contributed by atoms with van der Waals surface area (Å²) < 4.78 is 13.3. The van der Waals surface area contributed by atoms with Crippen LogP contribution in [0.25, 0.3) is 0 Å². The minimum Gasteiger partial charge on any atom is -0.394 e. The van der Waals surface area contributed by atoms with E-state index in [1.807, 2.05) is 13.8 Å². The number of benzene rings is 1. The van der Waals surface area contributed by atoms with Gasteiger partial charge in [-0.2, -0.15) is 0 Å². The molecular weight excluding hydrogens is 247 g/mol. The van der Waals surface area contributed by atoms with E-state index in [9.17, 15) is 14.3 Å². The average Bonchev–Trinajstić information content (AvgIpc) is 2.35. The van der Waals surface area contributed by atoms with E-state index < -0.39 is 6.04 Å². The van der Waals surface area contributed by atoms with Crippen LogP contribution in [-0.2, 0) is 4.79 Å². The molecule has 1 N–H and O–H groups in total. The average molecular weight is 266 g/mol. The molecule has 5 heteroatoms. The third-order valence-electron chi connectivity index (χ3n) is 3.77. The number of piperazine rings is 1. The van der Waals surface area contributed by atoms with Gasteiger partial charge >= 0.3 is 0 Å². The SMILES string of the molecule is CN1C(=O)C(CO)N(c2cccc(F)c2)CC1(C)C. The van der Waals surface area contributed by atoms with Gasteiger partial charge in [0.1, 0.15) is 11.9 Å². The van der Waals surface area contributed by atoms with Crippen molar-refractivity contribution in [3.63, 3.8) is 0 Å². The van der Waals surface area contributed by atoms with Gasteiger partial charge in [0, 0.05) is 19.3 Å². The highest BCUT2D eigenvalue weighted by Gasteiger charge is 2.42. The van der Waals surface area contributed by atoms with Crippen LogP contribution in [0.15, 0.2) is 24.3 Å². The largest absolute Gasteiger partial charge is 0.394 e. The fraction of sp³-hybridized carbons (Fsp3) is 0.500. The van der Waals surface area contributed by atoms with Crippen LogP contribution < -0.4 is 4.90 Å². The summed E-state index contributed by atoms with van der Waals surface area (Å²) in [5.74, 6) is -0.499. The molecule has 0 aliphatic carbocycles. The minimum atomic E-state index is -0.653. The second-order valence-corrected chi connectivity index (χ2v) is 5.52. The van der Waals surface area contributed by atoms with Crippen molar-refractivity contribution in [1.29, 1.82) is 0 Å². The van der Waals surface area contributed by atoms with E-state index in [-0.39, 0.29) is 23.9 Å². The van der Waals surface area contributed by atoms with Gasteiger partial charge in [0.15, 0.2) is 0 Å². The van der Waals surface area contributed by atoms with Gasteiger partial charge in [-0.15, -0.1) is 0 Å². The molecule has 1 aliphatic heterocycles. The van der Waals surface area contributed by atoms with E-state index in [4.69, 9.17) is 0 Å². The van der Waals surface area contributed by atoms with Crippen LogP contribution >= 0.6 is 0 Å². The number of halogens is 1. The van der Waals surface area contributed by atoms with Gasteiger partial charge in [0.25, 0.3) is 0 Å². The van der Waals surface area contributed by atoms with Crippen LogP contribution in [0.3, 0.4) is 0 Å². The third kappa shape index (κ3) is 2.42. The first-order valence-corrected chi connectivity index (χ1v) is 6.27. The molecule has 1 fully saturated rings. The number of aliphatic hydroxyl groups is 1. The van der Waals surface area contributed by atoms with Crippen molar-refractivity contribution in [3.05, 3.63) is 30.1 Å². The molecule has 1 aromatic carbocycles. The van der Waals surface area contributed by atoms with E-state index in [1.165, 1.54) is 12.1 Å². The second-order valence-electron chi connectivity index (χ2n) is 5.52. The number of likely N-dealkylation sites (N-methyl/N-ethyl adjacent to an activating group) is 1. The molecule has 104 valence electrons. The molecule has 1 aromatic rings. The van der Waals surface area contributed by atoms with E-state index >= 15 is 0 Å². The van der Waals surface area contributed by atoms with Gasteiger partial charge < -0.3 is 14.9 Å². The molecule has 1 unspecified atom stereocenters. The summed E-state index contributed by atoms with van der Waals surface area (Å²) in [6.45, 7) is 4.16. The predicted molar refractivity (Wildman–Crippen MR) is 71.5 cm³/mol. The molecular formula is C14H19FN2O2. The van der Waals surface area contributed by atoms with Gasteiger partial charge in [0.05, 0.1) is 12.1 Å². The van der Waals surface area contributed by atoms with Gasteiger partial charge in [-0.1, -0.05) is 6.07 Å². The highest BCUT2D eigenvalue weighted by molar-refractivity contribution is 5.87. The van der Waals surface area contributed by atoms with Crippen molar-refractivity contribution in [2.24, 2.45) is 0 Å². The number of hydrogen-bond donors (Lipinski definition) is 1. The first-order valence-electron chi connectivity index (χ1n) is 6.27. The fourth-order valence-electron chi connectivity index (χ4n) is 2.39. The maximum Gasteiger partial charge on any atom is 0.247 e. The van der Waals surface area contributed by atoms with Crippen molar-refractivity contribution in [2.75, 3.05) is 25.1 Å². The maximum atomic E-state index is 13.3. The Morgan fingerprint density at radius 3 is 2.74 bits per heavy atom. The molecule has 0 radical (unpaired) electrons. The zero-order valence-corrected chi connectivity index (χ0v) is 11.4. The lowest BCUT2D eigenvalue weighted by Gasteiger charge is -2.49. The monoisotopic (exact) mass is 266 g/mol. The normalized spacial score (nSPS) is 22.8. The highest BCUT2D eigenvalue weighted by Crippen LogP contribution is 2.29. The van der Waals surface area contributed by atoms with Crippen LogP contribution in [0.1, 0.15) is 13.8 Å². The smallest absolute Gasteiger partial charge is 0.247 e. The van der Waals surface area contributed by atoms with Crippen molar-refractivity contribution < 1.29 is 14.3 Å². The summed E-state index contributed by atoms with van der Waals surface area (Å²) in [5.41, 5.74) is 0.253. The van der Waals surface area contributed by atoms with E-state index in [2.05, 4.69) is 0 Å². The Balaban J connectivity index is 2.40. The number of carbonyl (C=O) groups is 1. The molecule has 0 aromatic heterocycles. The number of rotatable bonds is 2. The molecule has 0 spiro atoms. The fourth-order valence-corrected chi connectivity index (χ4v) is 2.39. The Morgan fingerprint density at radius 2 is 2.16 bits per heavy atom. The summed E-state index contributed by atoms with van der Waals surface area (Å²) in [5, 5.41) is 9.47. The van der Waals surface area contributed by atoms with E-state index in [1.54, 1.807) is 29.0 Å². The zero-order valence-electron chi connectivity index (χ0n) is 11.4. The van der Waals surface area contributed by atoms with Gasteiger partial charge in [-0.25, -0.2) is 4.39 Å². The van der Waals surface area contributed by atoms with E-state index in [0.717, 1.165) is 0 Å². The number of amides is 1. The molecule has 1 saturated heterocycles. The van der Waals surface area contributed by atoms with Crippen molar-refractivity contribution >= 4 is 11.6 Å². The number of hydrogen-bond acceptors (Lipinski definition) is 3. The highest BCUT2D eigenvalue weighted by atomic mass is 19.1. The molecule has 0 saturated carbocycles. The van der Waals surface area contributed by atoms with Crippen molar-refractivity contribution in [3.8, 4) is 0 Å². The molecule has 4 nitrogen and oxygen atoms in total. The number of carbonyl (C=O) groups excluding carboxylic acids is 1. The molecule has 2 rings (SSSR count). The first kappa shape index (κ1) is 13.8. The van der Waals surface area contributed by atoms with Gasteiger partial charge in [-0.05, 0) is 32.0 Å². The predicted octanol–water partition coefficient (Wildman–Crippen LogP) is 1.24. The quantitative estimate of drug-likeness (QED) is 0.876. The topological polar surface area (TPSA) is 43.8 Å². The Bertz CT molecular complexity index is 490. The van der Waals surface area contributed by atoms with Crippen molar-refractivity contribution in [2.45, 2.75) is 25.4 Å². The van der Waals surface area contributed by atoms with Crippen molar-refractivity contribution in [1.82, 2.24) is 4.90 Å². The summed E-state index contributed by atoms with van der Waals surface area (Å²) in [6, 6.07) is 5.45. The lowest BCUT2D eigenvalue weighted by atomic mass is 9.95. The number of anilines is 1. The standard InChI is InChI=1S/C14H19FN2O2/c1-14(2)9-17(11-6-4-5-10(15)7-11)12(8-18)13(19)16(14)3/h4-7,12,18H,8-9H2,1-3H3. The Morgan fingerprint density at radius 1 is 1.47 bits per heavy atom. The zero-order chi connectivity index (χ0) is 14.2. The molecule has 1 aliphatic rings. The Hall–Kier alpha value is -1.62. The van der Waals surface area contributed by atoms with E-state index in [0.29, 0.717) is 12.2 Å². The first-order chi connectivity index (χ1) is 8.86. The summed E-state index contributed by atoms with van der Waals surface area (Å²) in [6.07, 6.45) is 0. The van der Waals surface area contributed by atoms with Gasteiger partial charge in [0.2, 0.25) is 5.91 Å². The van der Waals surface area contributed by atoms with Crippen LogP contribution in [0, 0.1) is 5.82 Å². The Kier molecular flexibility index (Phi) is 3.49. The summed E-state index contributed by atoms with van der Waals surface area (Å²) in [7, 11) is 1.73. The summed E-state index contributed by atoms with van der Waals surface area (Å²) in [4.78, 5) is 15.7.